The molecule has 1 aliphatic heterocycles. The highest BCUT2D eigenvalue weighted by molar-refractivity contribution is 7.15. The van der Waals surface area contributed by atoms with Crippen molar-refractivity contribution in [2.24, 2.45) is 10.7 Å². The highest BCUT2D eigenvalue weighted by Crippen LogP contribution is 2.24. The minimum atomic E-state index is -0.0421. The van der Waals surface area contributed by atoms with Crippen molar-refractivity contribution in [3.05, 3.63) is 76.0 Å². The highest BCUT2D eigenvalue weighted by Gasteiger charge is 2.18. The molecular weight excluding hydrogens is 446 g/mol. The first-order valence-electron chi connectivity index (χ1n) is 11.1. The van der Waals surface area contributed by atoms with Crippen LogP contribution >= 0.6 is 11.3 Å². The van der Waals surface area contributed by atoms with Crippen molar-refractivity contribution in [2.45, 2.75) is 12.8 Å². The molecule has 0 unspecified atom stereocenters. The number of hydrogen-bond acceptors (Lipinski definition) is 8. The molecule has 34 heavy (non-hydrogen) atoms. The molecule has 3 aromatic rings. The number of nitrogens with one attached hydrogen (secondary N) is 1. The van der Waals surface area contributed by atoms with Gasteiger partial charge in [-0.3, -0.25) is 4.79 Å². The Kier molecular flexibility index (Phi) is 7.75. The van der Waals surface area contributed by atoms with E-state index in [2.05, 4.69) is 26.6 Å². The third-order valence-corrected chi connectivity index (χ3v) is 6.31. The number of benzene rings is 2. The maximum absolute atomic E-state index is 12.8. The van der Waals surface area contributed by atoms with Gasteiger partial charge in [0.2, 0.25) is 0 Å². The molecule has 0 saturated carbocycles. The second-order valence-electron chi connectivity index (χ2n) is 7.78. The second-order valence-corrected chi connectivity index (χ2v) is 8.79. The standard InChI is InChI=1S/C25H25N7OS/c26-17-21-15-20(25(33)32-13-4-10-28-12-14-32)8-7-18(21)9-11-29-22(27)16-23-30-31-24(34-23)19-5-2-1-3-6-19/h1-3,5-8,11,15-16,28H,4,9-10,12-14,27H2/b22-16+,29-11-. The monoisotopic (exact) mass is 471 g/mol. The maximum Gasteiger partial charge on any atom is 0.253 e. The Morgan fingerprint density at radius 2 is 2.06 bits per heavy atom. The van der Waals surface area contributed by atoms with Gasteiger partial charge in [-0.05, 0) is 30.7 Å². The molecule has 1 aliphatic rings. The van der Waals surface area contributed by atoms with Gasteiger partial charge >= 0.3 is 0 Å². The summed E-state index contributed by atoms with van der Waals surface area (Å²) >= 11 is 1.43. The van der Waals surface area contributed by atoms with Crippen LogP contribution in [-0.4, -0.2) is 53.4 Å². The molecule has 0 spiro atoms. The molecule has 0 bridgehead atoms. The van der Waals surface area contributed by atoms with Crippen molar-refractivity contribution in [1.82, 2.24) is 20.4 Å². The molecule has 1 fully saturated rings. The summed E-state index contributed by atoms with van der Waals surface area (Å²) in [7, 11) is 0. The molecule has 3 N–H and O–H groups in total. The van der Waals surface area contributed by atoms with Crippen molar-refractivity contribution < 1.29 is 4.79 Å². The Labute approximate surface area is 202 Å². The molecule has 9 heteroatoms. The minimum absolute atomic E-state index is 0.0421. The van der Waals surface area contributed by atoms with Gasteiger partial charge in [-0.15, -0.1) is 10.2 Å². The van der Waals surface area contributed by atoms with Crippen LogP contribution in [0.3, 0.4) is 0 Å². The number of carbonyl (C=O) groups is 1. The summed E-state index contributed by atoms with van der Waals surface area (Å²) in [6.45, 7) is 3.08. The van der Waals surface area contributed by atoms with E-state index < -0.39 is 0 Å². The summed E-state index contributed by atoms with van der Waals surface area (Å²) in [6.07, 6.45) is 4.67. The van der Waals surface area contributed by atoms with Crippen LogP contribution in [0.2, 0.25) is 0 Å². The number of aliphatic imine (C=N–C) groups is 1. The Balaban J connectivity index is 1.40. The van der Waals surface area contributed by atoms with Crippen molar-refractivity contribution in [1.29, 1.82) is 5.26 Å². The normalized spacial score (nSPS) is 14.7. The van der Waals surface area contributed by atoms with E-state index in [-0.39, 0.29) is 5.91 Å². The molecular formula is C25H25N7OS. The Morgan fingerprint density at radius 3 is 2.88 bits per heavy atom. The van der Waals surface area contributed by atoms with E-state index in [4.69, 9.17) is 5.73 Å². The average Bonchev–Trinajstić information content (AvgIpc) is 3.16. The van der Waals surface area contributed by atoms with Crippen LogP contribution in [0, 0.1) is 11.3 Å². The highest BCUT2D eigenvalue weighted by atomic mass is 32.1. The molecule has 1 saturated heterocycles. The first-order chi connectivity index (χ1) is 16.6. The average molecular weight is 472 g/mol. The van der Waals surface area contributed by atoms with Crippen molar-refractivity contribution >= 4 is 29.5 Å². The molecule has 2 heterocycles. The molecule has 8 nitrogen and oxygen atoms in total. The van der Waals surface area contributed by atoms with Crippen LogP contribution < -0.4 is 11.1 Å². The molecule has 2 aromatic carbocycles. The van der Waals surface area contributed by atoms with Crippen molar-refractivity contribution in [3.63, 3.8) is 0 Å². The van der Waals surface area contributed by atoms with E-state index in [9.17, 15) is 10.1 Å². The predicted octanol–water partition coefficient (Wildman–Crippen LogP) is 3.08. The lowest BCUT2D eigenvalue weighted by Gasteiger charge is -2.20. The molecule has 1 amide bonds. The van der Waals surface area contributed by atoms with Gasteiger partial charge in [-0.2, -0.15) is 5.26 Å². The van der Waals surface area contributed by atoms with E-state index in [0.29, 0.717) is 34.9 Å². The first-order valence-corrected chi connectivity index (χ1v) is 11.9. The quantitative estimate of drug-likeness (QED) is 0.533. The fraction of sp³-hybridized carbons (Fsp3) is 0.240. The van der Waals surface area contributed by atoms with Crippen LogP contribution in [0.1, 0.15) is 32.9 Å². The van der Waals surface area contributed by atoms with Crippen LogP contribution in [0.25, 0.3) is 16.6 Å². The molecule has 0 atom stereocenters. The summed E-state index contributed by atoms with van der Waals surface area (Å²) in [5, 5.41) is 22.7. The summed E-state index contributed by atoms with van der Waals surface area (Å²) in [5.41, 5.74) is 8.81. The zero-order valence-electron chi connectivity index (χ0n) is 18.6. The number of rotatable bonds is 6. The number of nitrogens with two attached hydrogens (primary N) is 1. The molecule has 1 aromatic heterocycles. The van der Waals surface area contributed by atoms with Gasteiger partial charge in [0.15, 0.2) is 0 Å². The van der Waals surface area contributed by atoms with Gasteiger partial charge in [-0.25, -0.2) is 4.99 Å². The van der Waals surface area contributed by atoms with Crippen LogP contribution in [0.4, 0.5) is 0 Å². The van der Waals surface area contributed by atoms with Crippen molar-refractivity contribution in [3.8, 4) is 16.6 Å². The van der Waals surface area contributed by atoms with E-state index >= 15 is 0 Å². The summed E-state index contributed by atoms with van der Waals surface area (Å²) in [6, 6.07) is 17.3. The summed E-state index contributed by atoms with van der Waals surface area (Å²) in [4.78, 5) is 18.9. The third kappa shape index (κ3) is 5.92. The molecule has 0 radical (unpaired) electrons. The van der Waals surface area contributed by atoms with Crippen LogP contribution in [-0.2, 0) is 6.42 Å². The lowest BCUT2D eigenvalue weighted by atomic mass is 10.0. The largest absolute Gasteiger partial charge is 0.384 e. The Morgan fingerprint density at radius 1 is 1.21 bits per heavy atom. The van der Waals surface area contributed by atoms with Gasteiger partial charge in [0.05, 0.1) is 11.6 Å². The summed E-state index contributed by atoms with van der Waals surface area (Å²) in [5.74, 6) is 0.260. The van der Waals surface area contributed by atoms with E-state index in [1.807, 2.05) is 41.3 Å². The number of hydrogen-bond donors (Lipinski definition) is 2. The van der Waals surface area contributed by atoms with E-state index in [1.165, 1.54) is 11.3 Å². The van der Waals surface area contributed by atoms with Gasteiger partial charge in [0, 0.05) is 49.5 Å². The topological polar surface area (TPSA) is 120 Å². The molecule has 4 rings (SSSR count). The van der Waals surface area contributed by atoms with Crippen molar-refractivity contribution in [2.75, 3.05) is 26.2 Å². The zero-order chi connectivity index (χ0) is 23.8. The van der Waals surface area contributed by atoms with Gasteiger partial charge < -0.3 is 16.0 Å². The first kappa shape index (κ1) is 23.3. The molecule has 172 valence electrons. The number of amides is 1. The number of aromatic nitrogens is 2. The minimum Gasteiger partial charge on any atom is -0.384 e. The summed E-state index contributed by atoms with van der Waals surface area (Å²) < 4.78 is 0. The maximum atomic E-state index is 12.8. The molecule has 0 aliphatic carbocycles. The van der Waals surface area contributed by atoms with Gasteiger partial charge in [0.25, 0.3) is 5.91 Å². The number of nitrogens with zero attached hydrogens (tertiary/aromatic N) is 5. The van der Waals surface area contributed by atoms with Crippen LogP contribution in [0.5, 0.6) is 0 Å². The zero-order valence-corrected chi connectivity index (χ0v) is 19.5. The second kappa shape index (κ2) is 11.3. The lowest BCUT2D eigenvalue weighted by molar-refractivity contribution is 0.0766. The number of nitriles is 1. The van der Waals surface area contributed by atoms with Gasteiger partial charge in [-0.1, -0.05) is 47.7 Å². The Hall–Kier alpha value is -3.87. The Bertz CT molecular complexity index is 1240. The fourth-order valence-electron chi connectivity index (χ4n) is 3.63. The predicted molar refractivity (Wildman–Crippen MR) is 134 cm³/mol. The van der Waals surface area contributed by atoms with E-state index in [0.717, 1.165) is 42.2 Å². The smallest absolute Gasteiger partial charge is 0.253 e. The number of carbonyl (C=O) groups excluding carboxylic acids is 1. The lowest BCUT2D eigenvalue weighted by Crippen LogP contribution is -2.34. The van der Waals surface area contributed by atoms with Gasteiger partial charge in [0.1, 0.15) is 15.8 Å². The SMILES string of the molecule is N#Cc1cc(C(=O)N2CCCNCC2)ccc1C/C=N\C(N)=C\c1nnc(-c2ccccc2)s1. The van der Waals surface area contributed by atoms with E-state index in [1.54, 1.807) is 24.4 Å². The van der Waals surface area contributed by atoms with Crippen LogP contribution in [0.15, 0.2) is 59.3 Å². The third-order valence-electron chi connectivity index (χ3n) is 5.39. The fourth-order valence-corrected chi connectivity index (χ4v) is 4.42.